The number of ether oxygens (including phenoxy) is 2. The molecule has 0 saturated carbocycles. The van der Waals surface area contributed by atoms with Crippen LogP contribution in [0, 0.1) is 0 Å². The van der Waals surface area contributed by atoms with Crippen LogP contribution in [0.5, 0.6) is 0 Å². The molecule has 2 saturated heterocycles. The number of benzene rings is 1. The van der Waals surface area contributed by atoms with E-state index in [9.17, 15) is 9.59 Å². The second-order valence-electron chi connectivity index (χ2n) is 7.85. The number of hydrogen-bond donors (Lipinski definition) is 1. The van der Waals surface area contributed by atoms with Crippen LogP contribution < -0.4 is 0 Å². The van der Waals surface area contributed by atoms with E-state index < -0.39 is 5.79 Å². The maximum absolute atomic E-state index is 12.6. The van der Waals surface area contributed by atoms with Crippen molar-refractivity contribution in [3.05, 3.63) is 36.0 Å². The molecule has 1 aromatic carbocycles. The van der Waals surface area contributed by atoms with Crippen molar-refractivity contribution in [3.63, 3.8) is 0 Å². The number of carbonyl (C=O) groups excluding carboxylic acids is 2. The van der Waals surface area contributed by atoms with E-state index in [1.54, 1.807) is 11.8 Å². The summed E-state index contributed by atoms with van der Waals surface area (Å²) in [5.74, 6) is -0.374. The summed E-state index contributed by atoms with van der Waals surface area (Å²) in [6.07, 6.45) is 4.55. The fourth-order valence-corrected chi connectivity index (χ4v) is 4.29. The van der Waals surface area contributed by atoms with Crippen LogP contribution in [0.4, 0.5) is 0 Å². The van der Waals surface area contributed by atoms with E-state index in [0.717, 1.165) is 24.8 Å². The number of piperidine rings is 1. The number of nitrogens with zero attached hydrogens (tertiary/aromatic N) is 2. The molecule has 156 valence electrons. The van der Waals surface area contributed by atoms with Gasteiger partial charge in [-0.15, -0.1) is 0 Å². The van der Waals surface area contributed by atoms with Gasteiger partial charge in [-0.05, 0) is 18.1 Å². The zero-order valence-corrected chi connectivity index (χ0v) is 17.0. The highest BCUT2D eigenvalue weighted by Gasteiger charge is 2.40. The van der Waals surface area contributed by atoms with Crippen LogP contribution in [0.25, 0.3) is 10.9 Å². The Morgan fingerprint density at radius 2 is 1.86 bits per heavy atom. The third-order valence-electron chi connectivity index (χ3n) is 6.06. The topological polar surface area (TPSA) is 74.9 Å². The van der Waals surface area contributed by atoms with Crippen LogP contribution in [0.15, 0.2) is 30.5 Å². The highest BCUT2D eigenvalue weighted by Crippen LogP contribution is 2.31. The Bertz CT molecular complexity index is 862. The highest BCUT2D eigenvalue weighted by molar-refractivity contribution is 5.83. The van der Waals surface area contributed by atoms with Crippen LogP contribution in [-0.4, -0.2) is 71.8 Å². The lowest BCUT2D eigenvalue weighted by Crippen LogP contribution is -2.48. The number of para-hydroxylation sites is 1. The number of hydrogen-bond acceptors (Lipinski definition) is 4. The summed E-state index contributed by atoms with van der Waals surface area (Å²) in [6.45, 7) is 5.19. The molecule has 7 heteroatoms. The lowest BCUT2D eigenvalue weighted by Gasteiger charge is -2.37. The maximum atomic E-state index is 12.6. The van der Waals surface area contributed by atoms with E-state index in [-0.39, 0.29) is 11.8 Å². The lowest BCUT2D eigenvalue weighted by atomic mass is 10.0. The smallest absolute Gasteiger partial charge is 0.224 e. The molecule has 0 aliphatic carbocycles. The van der Waals surface area contributed by atoms with E-state index in [1.165, 1.54) is 10.9 Å². The number of H-pyrrole nitrogens is 1. The molecule has 0 atom stereocenters. The molecule has 0 bridgehead atoms. The standard InChI is InChI=1S/C22H29N3O4/c1-17(26)24(10-6-18-16-23-20-5-3-2-4-19(18)20)11-7-21(27)25-12-8-22(9-13-25)28-14-15-29-22/h2-5,16,23H,6-15H2,1H3. The molecule has 2 amide bonds. The molecule has 3 heterocycles. The molecule has 1 N–H and O–H groups in total. The number of aromatic amines is 1. The summed E-state index contributed by atoms with van der Waals surface area (Å²) in [4.78, 5) is 31.6. The van der Waals surface area contributed by atoms with Gasteiger partial charge >= 0.3 is 0 Å². The molecule has 0 radical (unpaired) electrons. The van der Waals surface area contributed by atoms with Gasteiger partial charge in [-0.1, -0.05) is 18.2 Å². The molecule has 2 aliphatic heterocycles. The predicted octanol–water partition coefficient (Wildman–Crippen LogP) is 2.31. The van der Waals surface area contributed by atoms with Gasteiger partial charge in [0.2, 0.25) is 11.8 Å². The number of aromatic nitrogens is 1. The summed E-state index contributed by atoms with van der Waals surface area (Å²) in [5, 5.41) is 1.19. The third kappa shape index (κ3) is 4.46. The fraction of sp³-hybridized carbons (Fsp3) is 0.545. The summed E-state index contributed by atoms with van der Waals surface area (Å²) >= 11 is 0. The Kier molecular flexibility index (Phi) is 5.87. The van der Waals surface area contributed by atoms with Crippen molar-refractivity contribution in [2.24, 2.45) is 0 Å². The zero-order chi connectivity index (χ0) is 20.3. The van der Waals surface area contributed by atoms with Crippen molar-refractivity contribution in [3.8, 4) is 0 Å². The molecular weight excluding hydrogens is 370 g/mol. The van der Waals surface area contributed by atoms with E-state index in [1.807, 2.05) is 29.3 Å². The molecule has 2 aliphatic rings. The van der Waals surface area contributed by atoms with Gasteiger partial charge in [0.05, 0.1) is 13.2 Å². The van der Waals surface area contributed by atoms with Crippen molar-refractivity contribution < 1.29 is 19.1 Å². The second-order valence-corrected chi connectivity index (χ2v) is 7.85. The number of carbonyl (C=O) groups is 2. The first-order chi connectivity index (χ1) is 14.1. The van der Waals surface area contributed by atoms with Gasteiger partial charge in [-0.2, -0.15) is 0 Å². The van der Waals surface area contributed by atoms with Gasteiger partial charge in [0, 0.05) is 69.5 Å². The Morgan fingerprint density at radius 1 is 1.14 bits per heavy atom. The zero-order valence-electron chi connectivity index (χ0n) is 17.0. The van der Waals surface area contributed by atoms with E-state index >= 15 is 0 Å². The molecule has 2 aromatic rings. The first-order valence-electron chi connectivity index (χ1n) is 10.4. The molecule has 7 nitrogen and oxygen atoms in total. The summed E-state index contributed by atoms with van der Waals surface area (Å²) in [6, 6.07) is 8.16. The number of nitrogens with one attached hydrogen (secondary N) is 1. The van der Waals surface area contributed by atoms with E-state index in [0.29, 0.717) is 45.8 Å². The third-order valence-corrected chi connectivity index (χ3v) is 6.06. The minimum atomic E-state index is -0.471. The van der Waals surface area contributed by atoms with Gasteiger partial charge in [0.15, 0.2) is 5.79 Å². The second kappa shape index (κ2) is 8.55. The van der Waals surface area contributed by atoms with Crippen LogP contribution in [0.1, 0.15) is 31.7 Å². The Labute approximate surface area is 170 Å². The molecule has 29 heavy (non-hydrogen) atoms. The Hall–Kier alpha value is -2.38. The van der Waals surface area contributed by atoms with Crippen molar-refractivity contribution in [1.29, 1.82) is 0 Å². The fourth-order valence-electron chi connectivity index (χ4n) is 4.29. The van der Waals surface area contributed by atoms with Gasteiger partial charge in [-0.25, -0.2) is 0 Å². The van der Waals surface area contributed by atoms with Gasteiger partial charge < -0.3 is 24.3 Å². The number of likely N-dealkylation sites (tertiary alicyclic amines) is 1. The van der Waals surface area contributed by atoms with Gasteiger partial charge in [0.25, 0.3) is 0 Å². The molecule has 4 rings (SSSR count). The molecule has 1 spiro atoms. The average molecular weight is 399 g/mol. The van der Waals surface area contributed by atoms with E-state index in [2.05, 4.69) is 11.1 Å². The first-order valence-corrected chi connectivity index (χ1v) is 10.4. The maximum Gasteiger partial charge on any atom is 0.224 e. The summed E-state index contributed by atoms with van der Waals surface area (Å²) < 4.78 is 11.4. The van der Waals surface area contributed by atoms with Gasteiger partial charge in [0.1, 0.15) is 0 Å². The number of rotatable bonds is 6. The van der Waals surface area contributed by atoms with Crippen molar-refractivity contribution in [2.75, 3.05) is 39.4 Å². The lowest BCUT2D eigenvalue weighted by molar-refractivity contribution is -0.187. The SMILES string of the molecule is CC(=O)N(CCC(=O)N1CCC2(CC1)OCCO2)CCc1c[nH]c2ccccc12. The molecular formula is C22H29N3O4. The van der Waals surface area contributed by atoms with Crippen molar-refractivity contribution >= 4 is 22.7 Å². The van der Waals surface area contributed by atoms with Crippen LogP contribution >= 0.6 is 0 Å². The Balaban J connectivity index is 1.27. The molecule has 0 unspecified atom stereocenters. The number of fused-ring (bicyclic) bond motifs is 1. The van der Waals surface area contributed by atoms with Crippen molar-refractivity contribution in [1.82, 2.24) is 14.8 Å². The van der Waals surface area contributed by atoms with Crippen LogP contribution in [-0.2, 0) is 25.5 Å². The van der Waals surface area contributed by atoms with Gasteiger partial charge in [-0.3, -0.25) is 9.59 Å². The largest absolute Gasteiger partial charge is 0.361 e. The molecule has 1 aromatic heterocycles. The normalized spacial score (nSPS) is 18.4. The quantitative estimate of drug-likeness (QED) is 0.809. The predicted molar refractivity (Wildman–Crippen MR) is 109 cm³/mol. The Morgan fingerprint density at radius 3 is 2.59 bits per heavy atom. The molecule has 2 fully saturated rings. The van der Waals surface area contributed by atoms with E-state index in [4.69, 9.17) is 9.47 Å². The average Bonchev–Trinajstić information content (AvgIpc) is 3.35. The van der Waals surface area contributed by atoms with Crippen LogP contribution in [0.2, 0.25) is 0 Å². The van der Waals surface area contributed by atoms with Crippen molar-refractivity contribution in [2.45, 2.75) is 38.4 Å². The summed E-state index contributed by atoms with van der Waals surface area (Å²) in [7, 11) is 0. The summed E-state index contributed by atoms with van der Waals surface area (Å²) in [5.41, 5.74) is 2.29. The highest BCUT2D eigenvalue weighted by atomic mass is 16.7. The minimum absolute atomic E-state index is 0.00277. The number of amides is 2. The van der Waals surface area contributed by atoms with Crippen LogP contribution in [0.3, 0.4) is 0 Å². The monoisotopic (exact) mass is 399 g/mol. The minimum Gasteiger partial charge on any atom is -0.361 e. The first kappa shape index (κ1) is 19.9.